The van der Waals surface area contributed by atoms with Crippen LogP contribution in [-0.4, -0.2) is 48.8 Å². The van der Waals surface area contributed by atoms with Gasteiger partial charge in [0.25, 0.3) is 0 Å². The fraction of sp³-hybridized carbons (Fsp3) is 0.533. The summed E-state index contributed by atoms with van der Waals surface area (Å²) in [4.78, 5) is 39.4. The third kappa shape index (κ3) is 4.07. The highest BCUT2D eigenvalue weighted by molar-refractivity contribution is 7.12. The molecule has 1 atom stereocenters. The summed E-state index contributed by atoms with van der Waals surface area (Å²) in [5.74, 6) is -0.529. The van der Waals surface area contributed by atoms with Gasteiger partial charge in [0, 0.05) is 23.3 Å². The molecule has 1 aliphatic heterocycles. The largest absolute Gasteiger partial charge is 0.357 e. The zero-order chi connectivity index (χ0) is 16.1. The predicted octanol–water partition coefficient (Wildman–Crippen LogP) is 0.452. The zero-order valence-electron chi connectivity index (χ0n) is 12.8. The molecule has 3 amide bonds. The zero-order valence-corrected chi connectivity index (χ0v) is 13.7. The van der Waals surface area contributed by atoms with E-state index in [1.807, 2.05) is 19.1 Å². The molecular weight excluding hydrogens is 302 g/mol. The van der Waals surface area contributed by atoms with Crippen molar-refractivity contribution in [2.75, 3.05) is 20.1 Å². The Morgan fingerprint density at radius 2 is 2.14 bits per heavy atom. The van der Waals surface area contributed by atoms with Gasteiger partial charge in [-0.2, -0.15) is 0 Å². The van der Waals surface area contributed by atoms with Crippen molar-refractivity contribution in [3.63, 3.8) is 0 Å². The van der Waals surface area contributed by atoms with Crippen molar-refractivity contribution in [2.45, 2.75) is 32.2 Å². The van der Waals surface area contributed by atoms with Crippen LogP contribution in [0.25, 0.3) is 0 Å². The normalized spacial score (nSPS) is 17.4. The molecule has 0 radical (unpaired) electrons. The first-order valence-electron chi connectivity index (χ1n) is 7.34. The number of rotatable bonds is 5. The third-order valence-electron chi connectivity index (χ3n) is 3.69. The first kappa shape index (κ1) is 16.5. The second-order valence-corrected chi connectivity index (χ2v) is 6.70. The van der Waals surface area contributed by atoms with E-state index < -0.39 is 6.04 Å². The van der Waals surface area contributed by atoms with Crippen molar-refractivity contribution >= 4 is 29.1 Å². The van der Waals surface area contributed by atoms with Crippen LogP contribution in [0.15, 0.2) is 12.1 Å². The van der Waals surface area contributed by atoms with Crippen molar-refractivity contribution < 1.29 is 14.4 Å². The highest BCUT2D eigenvalue weighted by Crippen LogP contribution is 2.17. The lowest BCUT2D eigenvalue weighted by Crippen LogP contribution is -2.48. The first-order chi connectivity index (χ1) is 10.5. The summed E-state index contributed by atoms with van der Waals surface area (Å²) >= 11 is 1.57. The van der Waals surface area contributed by atoms with Crippen LogP contribution < -0.4 is 10.6 Å². The molecule has 22 heavy (non-hydrogen) atoms. The number of likely N-dealkylation sites (tertiary alicyclic amines) is 1. The predicted molar refractivity (Wildman–Crippen MR) is 84.6 cm³/mol. The summed E-state index contributed by atoms with van der Waals surface area (Å²) in [5.41, 5.74) is 0. The summed E-state index contributed by atoms with van der Waals surface area (Å²) < 4.78 is 0. The van der Waals surface area contributed by atoms with Gasteiger partial charge in [-0.25, -0.2) is 0 Å². The average molecular weight is 323 g/mol. The number of nitrogens with zero attached hydrogens (tertiary/aromatic N) is 1. The van der Waals surface area contributed by atoms with E-state index in [9.17, 15) is 14.4 Å². The van der Waals surface area contributed by atoms with E-state index in [-0.39, 0.29) is 30.7 Å². The summed E-state index contributed by atoms with van der Waals surface area (Å²) in [6.45, 7) is 2.50. The first-order valence-corrected chi connectivity index (χ1v) is 8.16. The Morgan fingerprint density at radius 3 is 2.77 bits per heavy atom. The number of carbonyl (C=O) groups excluding carboxylic acids is 3. The van der Waals surface area contributed by atoms with Crippen molar-refractivity contribution in [3.8, 4) is 0 Å². The Bertz CT molecular complexity index is 570. The Morgan fingerprint density at radius 1 is 1.36 bits per heavy atom. The van der Waals surface area contributed by atoms with Gasteiger partial charge in [-0.3, -0.25) is 14.4 Å². The molecule has 1 saturated heterocycles. The summed E-state index contributed by atoms with van der Waals surface area (Å²) in [6, 6.07) is 3.48. The number of nitrogens with one attached hydrogen (secondary N) is 2. The second-order valence-electron chi connectivity index (χ2n) is 5.33. The maximum absolute atomic E-state index is 12.2. The minimum Gasteiger partial charge on any atom is -0.357 e. The fourth-order valence-electron chi connectivity index (χ4n) is 2.58. The van der Waals surface area contributed by atoms with Gasteiger partial charge in [-0.05, 0) is 31.9 Å². The molecular formula is C15H21N3O3S. The van der Waals surface area contributed by atoms with Gasteiger partial charge >= 0.3 is 0 Å². The molecule has 1 fully saturated rings. The molecule has 0 bridgehead atoms. The van der Waals surface area contributed by atoms with E-state index in [0.29, 0.717) is 13.0 Å². The molecule has 7 heteroatoms. The third-order valence-corrected chi connectivity index (χ3v) is 4.69. The Balaban J connectivity index is 1.81. The lowest BCUT2D eigenvalue weighted by molar-refractivity contribution is -0.138. The van der Waals surface area contributed by atoms with E-state index in [1.165, 1.54) is 0 Å². The van der Waals surface area contributed by atoms with Crippen LogP contribution in [0, 0.1) is 6.92 Å². The van der Waals surface area contributed by atoms with Crippen LogP contribution in [-0.2, 0) is 20.8 Å². The monoisotopic (exact) mass is 323 g/mol. The number of hydrogen-bond donors (Lipinski definition) is 2. The second kappa shape index (κ2) is 7.40. The molecule has 0 spiro atoms. The maximum Gasteiger partial charge on any atom is 0.242 e. The Labute approximate surface area is 133 Å². The smallest absolute Gasteiger partial charge is 0.242 e. The minimum absolute atomic E-state index is 0.0588. The molecule has 1 aliphatic rings. The van der Waals surface area contributed by atoms with E-state index in [2.05, 4.69) is 10.6 Å². The molecule has 120 valence electrons. The highest BCUT2D eigenvalue weighted by Gasteiger charge is 2.33. The van der Waals surface area contributed by atoms with Gasteiger partial charge in [0.15, 0.2) is 0 Å². The highest BCUT2D eigenvalue weighted by atomic mass is 32.1. The molecule has 0 saturated carbocycles. The quantitative estimate of drug-likeness (QED) is 0.826. The summed E-state index contributed by atoms with van der Waals surface area (Å²) in [5, 5.41) is 5.21. The van der Waals surface area contributed by atoms with E-state index in [1.54, 1.807) is 23.3 Å². The molecule has 1 aromatic heterocycles. The number of thiophene rings is 1. The lowest BCUT2D eigenvalue weighted by Gasteiger charge is -2.23. The van der Waals surface area contributed by atoms with Gasteiger partial charge in [0.1, 0.15) is 6.04 Å². The van der Waals surface area contributed by atoms with Gasteiger partial charge in [0.05, 0.1) is 13.0 Å². The number of hydrogen-bond acceptors (Lipinski definition) is 4. The number of aryl methyl sites for hydroxylation is 1. The van der Waals surface area contributed by atoms with Crippen LogP contribution in [0.1, 0.15) is 22.6 Å². The van der Waals surface area contributed by atoms with Crippen molar-refractivity contribution in [2.24, 2.45) is 0 Å². The van der Waals surface area contributed by atoms with Gasteiger partial charge in [0.2, 0.25) is 17.7 Å². The number of carbonyl (C=O) groups is 3. The molecule has 0 aliphatic carbocycles. The number of likely N-dealkylation sites (N-methyl/N-ethyl adjacent to an activating group) is 1. The Kier molecular flexibility index (Phi) is 5.54. The molecule has 2 rings (SSSR count). The molecule has 2 heterocycles. The summed E-state index contributed by atoms with van der Waals surface area (Å²) in [7, 11) is 1.56. The van der Waals surface area contributed by atoms with Crippen LogP contribution in [0.3, 0.4) is 0 Å². The van der Waals surface area contributed by atoms with Crippen molar-refractivity contribution in [3.05, 3.63) is 21.9 Å². The van der Waals surface area contributed by atoms with Crippen LogP contribution in [0.5, 0.6) is 0 Å². The average Bonchev–Trinajstić information content (AvgIpc) is 3.13. The van der Waals surface area contributed by atoms with Gasteiger partial charge in [-0.15, -0.1) is 11.3 Å². The molecule has 6 nitrogen and oxygen atoms in total. The SMILES string of the molecule is CNC(=O)C1CCCN1C(=O)CNC(=O)Cc1ccc(C)s1. The summed E-state index contributed by atoms with van der Waals surface area (Å²) in [6.07, 6.45) is 1.77. The standard InChI is InChI=1S/C15H21N3O3S/c1-10-5-6-11(22-10)8-13(19)17-9-14(20)18-7-3-4-12(18)15(21)16-2/h5-6,12H,3-4,7-9H2,1-2H3,(H,16,21)(H,17,19). The van der Waals surface area contributed by atoms with Gasteiger partial charge in [-0.1, -0.05) is 0 Å². The maximum atomic E-state index is 12.2. The van der Waals surface area contributed by atoms with Crippen LogP contribution in [0.2, 0.25) is 0 Å². The lowest BCUT2D eigenvalue weighted by atomic mass is 10.2. The topological polar surface area (TPSA) is 78.5 Å². The molecule has 1 unspecified atom stereocenters. The van der Waals surface area contributed by atoms with Crippen molar-refractivity contribution in [1.29, 1.82) is 0 Å². The molecule has 1 aromatic rings. The van der Waals surface area contributed by atoms with E-state index in [4.69, 9.17) is 0 Å². The van der Waals surface area contributed by atoms with E-state index >= 15 is 0 Å². The van der Waals surface area contributed by atoms with Crippen LogP contribution >= 0.6 is 11.3 Å². The minimum atomic E-state index is -0.408. The van der Waals surface area contributed by atoms with Crippen molar-refractivity contribution in [1.82, 2.24) is 15.5 Å². The van der Waals surface area contributed by atoms with Crippen LogP contribution in [0.4, 0.5) is 0 Å². The molecule has 2 N–H and O–H groups in total. The van der Waals surface area contributed by atoms with E-state index in [0.717, 1.165) is 16.2 Å². The fourth-order valence-corrected chi connectivity index (χ4v) is 3.47. The number of amides is 3. The molecule has 0 aromatic carbocycles. The van der Waals surface area contributed by atoms with Gasteiger partial charge < -0.3 is 15.5 Å². The Hall–Kier alpha value is -1.89.